The van der Waals surface area contributed by atoms with Gasteiger partial charge in [-0.15, -0.1) is 0 Å². The van der Waals surface area contributed by atoms with Crippen molar-refractivity contribution in [2.45, 2.75) is 19.5 Å². The lowest BCUT2D eigenvalue weighted by Gasteiger charge is -2.33. The zero-order chi connectivity index (χ0) is 28.8. The van der Waals surface area contributed by atoms with E-state index in [0.717, 1.165) is 28.3 Å². The minimum Gasteiger partial charge on any atom is -0.305 e. The Morgan fingerprint density at radius 3 is 2.19 bits per heavy atom. The molecule has 0 aliphatic carbocycles. The number of guanidine groups is 1. The number of benzene rings is 4. The van der Waals surface area contributed by atoms with E-state index in [1.807, 2.05) is 101 Å². The molecular weight excluding hydrogens is 532 g/mol. The molecule has 208 valence electrons. The number of hydrogen-bond donors (Lipinski definition) is 0. The van der Waals surface area contributed by atoms with E-state index < -0.39 is 11.6 Å². The van der Waals surface area contributed by atoms with Crippen LogP contribution >= 0.6 is 0 Å². The molecule has 1 aromatic heterocycles. The number of fused-ring (bicyclic) bond motifs is 3. The van der Waals surface area contributed by atoms with Crippen molar-refractivity contribution in [2.24, 2.45) is 4.99 Å². The van der Waals surface area contributed by atoms with Crippen LogP contribution in [0.25, 0.3) is 22.5 Å². The fourth-order valence-corrected chi connectivity index (χ4v) is 5.75. The highest BCUT2D eigenvalue weighted by Crippen LogP contribution is 2.40. The summed E-state index contributed by atoms with van der Waals surface area (Å²) < 4.78 is 30.7. The van der Waals surface area contributed by atoms with Gasteiger partial charge in [0.05, 0.1) is 19.1 Å². The summed E-state index contributed by atoms with van der Waals surface area (Å²) in [6.45, 7) is 2.90. The Morgan fingerprint density at radius 1 is 0.833 bits per heavy atom. The number of carbonyl (C=O) groups excluding carboxylic acids is 1. The molecule has 0 N–H and O–H groups in total. The molecule has 0 saturated heterocycles. The van der Waals surface area contributed by atoms with Crippen LogP contribution in [0.1, 0.15) is 34.6 Å². The molecule has 6 nitrogen and oxygen atoms in total. The predicted molar refractivity (Wildman–Crippen MR) is 159 cm³/mol. The maximum atomic E-state index is 15.0. The second-order valence-electron chi connectivity index (χ2n) is 10.4. The molecule has 2 aliphatic heterocycles. The molecule has 2 aliphatic rings. The number of amides is 1. The first-order valence-electron chi connectivity index (χ1n) is 13.9. The van der Waals surface area contributed by atoms with Crippen LogP contribution in [0.3, 0.4) is 0 Å². The average molecular weight is 560 g/mol. The molecule has 42 heavy (non-hydrogen) atoms. The molecule has 0 unspecified atom stereocenters. The summed E-state index contributed by atoms with van der Waals surface area (Å²) in [6.07, 6.45) is 0. The average Bonchev–Trinajstić information content (AvgIpc) is 3.62. The van der Waals surface area contributed by atoms with Crippen molar-refractivity contribution in [3.63, 3.8) is 0 Å². The topological polar surface area (TPSA) is 53.7 Å². The maximum absolute atomic E-state index is 15.0. The van der Waals surface area contributed by atoms with Crippen molar-refractivity contribution in [3.05, 3.63) is 132 Å². The number of hydrogen-bond acceptors (Lipinski definition) is 4. The highest BCUT2D eigenvalue weighted by atomic mass is 19.1. The van der Waals surface area contributed by atoms with Crippen LogP contribution in [0, 0.1) is 11.6 Å². The van der Waals surface area contributed by atoms with Crippen molar-refractivity contribution in [1.29, 1.82) is 0 Å². The number of anilines is 1. The largest absolute Gasteiger partial charge is 0.305 e. The van der Waals surface area contributed by atoms with Crippen LogP contribution in [0.2, 0.25) is 0 Å². The normalized spacial score (nSPS) is 15.9. The Labute approximate surface area is 242 Å². The van der Waals surface area contributed by atoms with Crippen LogP contribution in [-0.4, -0.2) is 39.4 Å². The third-order valence-electron chi connectivity index (χ3n) is 7.85. The summed E-state index contributed by atoms with van der Waals surface area (Å²) in [4.78, 5) is 27.4. The number of imidazole rings is 1. The van der Waals surface area contributed by atoms with Crippen molar-refractivity contribution in [1.82, 2.24) is 14.5 Å². The standard InChI is InChI=1S/C34H27F2N5O/c1-2-39-33(42)30-32(41-21-29(37-34(39)41)24-11-7-4-8-12-24)40(20-26-17-18-27(35)19-28(26)36)31(38-30)25-15-13-23(14-16-25)22-9-5-3-6-10-22/h3-19,29H,2,20-21H2,1H3/t29-/m0/s1. The van der Waals surface area contributed by atoms with Gasteiger partial charge in [0, 0.05) is 23.7 Å². The SMILES string of the molecule is CCN1C(=O)c2nc(-c3ccc(-c4ccccc4)cc3)n(Cc3ccc(F)cc3F)c2N2C[C@@H](c3ccccc3)N=C12. The Kier molecular flexibility index (Phi) is 6.38. The summed E-state index contributed by atoms with van der Waals surface area (Å²) in [5, 5.41) is 0. The number of halogens is 2. The lowest BCUT2D eigenvalue weighted by molar-refractivity contribution is 0.0841. The van der Waals surface area contributed by atoms with Gasteiger partial charge in [0.15, 0.2) is 5.69 Å². The first-order chi connectivity index (χ1) is 20.5. The van der Waals surface area contributed by atoms with Gasteiger partial charge in [0.1, 0.15) is 23.3 Å². The van der Waals surface area contributed by atoms with Crippen molar-refractivity contribution >= 4 is 17.7 Å². The number of rotatable bonds is 6. The lowest BCUT2D eigenvalue weighted by Crippen LogP contribution is -2.50. The van der Waals surface area contributed by atoms with E-state index in [9.17, 15) is 9.18 Å². The second kappa shape index (κ2) is 10.4. The summed E-state index contributed by atoms with van der Waals surface area (Å²) >= 11 is 0. The fourth-order valence-electron chi connectivity index (χ4n) is 5.75. The van der Waals surface area contributed by atoms with Gasteiger partial charge >= 0.3 is 0 Å². The molecular formula is C34H27F2N5O. The zero-order valence-corrected chi connectivity index (χ0v) is 22.9. The Bertz CT molecular complexity index is 1820. The molecule has 1 atom stereocenters. The Hall–Kier alpha value is -5.11. The number of aromatic nitrogens is 2. The van der Waals surface area contributed by atoms with Crippen LogP contribution in [0.15, 0.2) is 108 Å². The van der Waals surface area contributed by atoms with E-state index >= 15 is 4.39 Å². The smallest absolute Gasteiger partial charge is 0.283 e. The molecule has 5 aromatic rings. The fraction of sp³-hybridized carbons (Fsp3) is 0.147. The van der Waals surface area contributed by atoms with E-state index in [4.69, 9.17) is 9.98 Å². The van der Waals surface area contributed by atoms with Gasteiger partial charge in [-0.25, -0.2) is 18.8 Å². The minimum atomic E-state index is -0.655. The highest BCUT2D eigenvalue weighted by molar-refractivity contribution is 6.18. The van der Waals surface area contributed by atoms with Gasteiger partial charge in [0.25, 0.3) is 5.91 Å². The molecule has 0 fully saturated rings. The van der Waals surface area contributed by atoms with E-state index in [2.05, 4.69) is 0 Å². The van der Waals surface area contributed by atoms with Gasteiger partial charge in [0.2, 0.25) is 5.96 Å². The quantitative estimate of drug-likeness (QED) is 0.227. The number of nitrogens with zero attached hydrogens (tertiary/aromatic N) is 5. The molecule has 7 rings (SSSR count). The summed E-state index contributed by atoms with van der Waals surface area (Å²) in [5.74, 6) is 0.0869. The summed E-state index contributed by atoms with van der Waals surface area (Å²) in [5.41, 5.74) is 4.52. The van der Waals surface area contributed by atoms with Gasteiger partial charge in [-0.3, -0.25) is 14.6 Å². The second-order valence-corrected chi connectivity index (χ2v) is 10.4. The number of aliphatic imine (C=N–C) groups is 1. The lowest BCUT2D eigenvalue weighted by atomic mass is 10.0. The monoisotopic (exact) mass is 559 g/mol. The molecule has 4 aromatic carbocycles. The van der Waals surface area contributed by atoms with Gasteiger partial charge < -0.3 is 4.57 Å². The highest BCUT2D eigenvalue weighted by Gasteiger charge is 2.44. The maximum Gasteiger partial charge on any atom is 0.283 e. The molecule has 8 heteroatoms. The third-order valence-corrected chi connectivity index (χ3v) is 7.85. The first kappa shape index (κ1) is 25.8. The van der Waals surface area contributed by atoms with Crippen LogP contribution in [0.5, 0.6) is 0 Å². The predicted octanol–water partition coefficient (Wildman–Crippen LogP) is 6.94. The summed E-state index contributed by atoms with van der Waals surface area (Å²) in [6, 6.07) is 31.3. The minimum absolute atomic E-state index is 0.0589. The van der Waals surface area contributed by atoms with Gasteiger partial charge in [-0.1, -0.05) is 91.0 Å². The first-order valence-corrected chi connectivity index (χ1v) is 13.9. The molecule has 0 spiro atoms. The van der Waals surface area contributed by atoms with Gasteiger partial charge in [-0.05, 0) is 29.7 Å². The van der Waals surface area contributed by atoms with Crippen LogP contribution in [0.4, 0.5) is 14.6 Å². The van der Waals surface area contributed by atoms with E-state index in [-0.39, 0.29) is 24.2 Å². The zero-order valence-electron chi connectivity index (χ0n) is 22.9. The van der Waals surface area contributed by atoms with E-state index in [0.29, 0.717) is 36.3 Å². The molecule has 1 amide bonds. The van der Waals surface area contributed by atoms with E-state index in [1.165, 1.54) is 12.1 Å². The van der Waals surface area contributed by atoms with Crippen molar-refractivity contribution in [3.8, 4) is 22.5 Å². The summed E-state index contributed by atoms with van der Waals surface area (Å²) in [7, 11) is 0. The van der Waals surface area contributed by atoms with Crippen molar-refractivity contribution in [2.75, 3.05) is 18.0 Å². The Morgan fingerprint density at radius 2 is 1.50 bits per heavy atom. The van der Waals surface area contributed by atoms with Crippen molar-refractivity contribution < 1.29 is 13.6 Å². The third kappa shape index (κ3) is 4.36. The molecule has 0 bridgehead atoms. The van der Waals surface area contributed by atoms with Gasteiger partial charge in [-0.2, -0.15) is 0 Å². The van der Waals surface area contributed by atoms with E-state index in [1.54, 1.807) is 4.90 Å². The molecule has 0 radical (unpaired) electrons. The van der Waals surface area contributed by atoms with Crippen LogP contribution < -0.4 is 4.90 Å². The number of carbonyl (C=O) groups is 1. The molecule has 0 saturated carbocycles. The Balaban J connectivity index is 1.38. The molecule has 3 heterocycles. The van der Waals surface area contributed by atoms with Crippen LogP contribution in [-0.2, 0) is 6.54 Å².